The van der Waals surface area contributed by atoms with E-state index < -0.39 is 11.9 Å². The number of nitrogens with zero attached hydrogens (tertiary/aromatic N) is 1. The summed E-state index contributed by atoms with van der Waals surface area (Å²) in [6.07, 6.45) is 0. The summed E-state index contributed by atoms with van der Waals surface area (Å²) in [5.41, 5.74) is 1.62. The van der Waals surface area contributed by atoms with Crippen LogP contribution in [0.3, 0.4) is 0 Å². The highest BCUT2D eigenvalue weighted by molar-refractivity contribution is 6.09. The minimum absolute atomic E-state index is 0.0401. The highest BCUT2D eigenvalue weighted by Gasteiger charge is 2.18. The number of carboxylic acids is 1. The number of aliphatic hydroxyl groups is 1. The smallest absolute Gasteiger partial charge is 0.337 e. The second kappa shape index (κ2) is 11.8. The van der Waals surface area contributed by atoms with Gasteiger partial charge in [0, 0.05) is 13.1 Å². The van der Waals surface area contributed by atoms with Gasteiger partial charge in [-0.15, -0.1) is 0 Å². The number of aromatic hydroxyl groups is 1. The molecule has 0 heterocycles. The Balaban J connectivity index is 1.79. The van der Waals surface area contributed by atoms with Crippen molar-refractivity contribution in [2.45, 2.75) is 6.92 Å². The first-order valence-corrected chi connectivity index (χ1v) is 11.0. The van der Waals surface area contributed by atoms with Gasteiger partial charge in [-0.25, -0.2) is 4.79 Å². The number of aromatic carboxylic acids is 1. The van der Waals surface area contributed by atoms with E-state index in [9.17, 15) is 19.8 Å². The van der Waals surface area contributed by atoms with Gasteiger partial charge in [-0.1, -0.05) is 43.3 Å². The molecule has 0 aliphatic carbocycles. The third-order valence-corrected chi connectivity index (χ3v) is 5.36. The molecular weight excluding hydrogens is 436 g/mol. The summed E-state index contributed by atoms with van der Waals surface area (Å²) < 4.78 is 5.71. The summed E-state index contributed by atoms with van der Waals surface area (Å²) in [7, 11) is 0. The average Bonchev–Trinajstić information content (AvgIpc) is 2.84. The zero-order valence-corrected chi connectivity index (χ0v) is 18.9. The van der Waals surface area contributed by atoms with E-state index in [1.165, 1.54) is 18.2 Å². The number of anilines is 1. The fourth-order valence-electron chi connectivity index (χ4n) is 3.48. The largest absolute Gasteiger partial charge is 0.507 e. The van der Waals surface area contributed by atoms with E-state index in [1.54, 1.807) is 18.2 Å². The number of carbonyl (C=O) groups excluding carboxylic acids is 1. The van der Waals surface area contributed by atoms with Gasteiger partial charge in [-0.3, -0.25) is 9.69 Å². The Morgan fingerprint density at radius 1 is 0.941 bits per heavy atom. The minimum atomic E-state index is -1.18. The number of likely N-dealkylation sites (N-methyl/N-ethyl adjacent to an activating group) is 1. The van der Waals surface area contributed by atoms with Gasteiger partial charge in [0.2, 0.25) is 0 Å². The first kappa shape index (κ1) is 24.8. The van der Waals surface area contributed by atoms with E-state index in [0.717, 1.165) is 17.7 Å². The molecule has 0 bridgehead atoms. The molecule has 0 saturated heterocycles. The van der Waals surface area contributed by atoms with E-state index in [1.807, 2.05) is 42.2 Å². The first-order chi connectivity index (χ1) is 16.4. The summed E-state index contributed by atoms with van der Waals surface area (Å²) in [6, 6.07) is 18.4. The van der Waals surface area contributed by atoms with E-state index >= 15 is 0 Å². The first-order valence-electron chi connectivity index (χ1n) is 11.0. The fourth-order valence-corrected chi connectivity index (χ4v) is 3.48. The quantitative estimate of drug-likeness (QED) is 0.342. The molecule has 0 aromatic heterocycles. The topological polar surface area (TPSA) is 119 Å². The third-order valence-electron chi connectivity index (χ3n) is 5.36. The van der Waals surface area contributed by atoms with Crippen molar-refractivity contribution >= 4 is 17.6 Å². The molecular formula is C26H28N2O6. The number of aliphatic hydroxyl groups excluding tert-OH is 1. The molecule has 0 radical (unpaired) electrons. The van der Waals surface area contributed by atoms with Crippen molar-refractivity contribution in [3.05, 3.63) is 77.9 Å². The Morgan fingerprint density at radius 2 is 1.71 bits per heavy atom. The average molecular weight is 465 g/mol. The van der Waals surface area contributed by atoms with Crippen LogP contribution in [-0.2, 0) is 0 Å². The number of rotatable bonds is 11. The molecule has 3 aromatic rings. The van der Waals surface area contributed by atoms with Crippen LogP contribution in [0.1, 0.15) is 27.6 Å². The Morgan fingerprint density at radius 3 is 2.38 bits per heavy atom. The van der Waals surface area contributed by atoms with Crippen LogP contribution in [-0.4, -0.2) is 64.9 Å². The molecule has 0 saturated carbocycles. The zero-order chi connectivity index (χ0) is 24.5. The van der Waals surface area contributed by atoms with Crippen LogP contribution in [0.5, 0.6) is 11.5 Å². The molecule has 0 aliphatic heterocycles. The molecule has 3 rings (SSSR count). The van der Waals surface area contributed by atoms with Gasteiger partial charge in [-0.05, 0) is 48.0 Å². The van der Waals surface area contributed by atoms with Gasteiger partial charge in [0.05, 0.1) is 23.4 Å². The maximum absolute atomic E-state index is 13.0. The highest BCUT2D eigenvalue weighted by atomic mass is 16.5. The normalized spacial score (nSPS) is 10.8. The number of carboxylic acid groups (broad SMARTS) is 1. The molecule has 0 unspecified atom stereocenters. The molecule has 34 heavy (non-hydrogen) atoms. The van der Waals surface area contributed by atoms with E-state index in [0.29, 0.717) is 25.4 Å². The van der Waals surface area contributed by atoms with Crippen LogP contribution in [0.4, 0.5) is 5.69 Å². The molecule has 0 atom stereocenters. The second-order valence-electron chi connectivity index (χ2n) is 7.57. The van der Waals surface area contributed by atoms with Crippen LogP contribution in [0.25, 0.3) is 11.1 Å². The Hall–Kier alpha value is -3.88. The minimum Gasteiger partial charge on any atom is -0.507 e. The van der Waals surface area contributed by atoms with Crippen molar-refractivity contribution in [2.24, 2.45) is 0 Å². The molecule has 178 valence electrons. The summed E-state index contributed by atoms with van der Waals surface area (Å²) in [5, 5.41) is 31.5. The van der Waals surface area contributed by atoms with Gasteiger partial charge >= 0.3 is 5.97 Å². The lowest BCUT2D eigenvalue weighted by Gasteiger charge is -2.19. The fraction of sp³-hybridized carbons (Fsp3) is 0.231. The van der Waals surface area contributed by atoms with Crippen molar-refractivity contribution in [2.75, 3.05) is 38.2 Å². The lowest BCUT2D eigenvalue weighted by molar-refractivity contribution is 0.0698. The van der Waals surface area contributed by atoms with Crippen molar-refractivity contribution in [1.29, 1.82) is 0 Å². The molecule has 0 aliphatic rings. The maximum atomic E-state index is 13.0. The molecule has 0 spiro atoms. The van der Waals surface area contributed by atoms with Crippen LogP contribution < -0.4 is 10.1 Å². The summed E-state index contributed by atoms with van der Waals surface area (Å²) in [4.78, 5) is 26.7. The Bertz CT molecular complexity index is 1130. The van der Waals surface area contributed by atoms with Crippen LogP contribution >= 0.6 is 0 Å². The molecule has 3 aromatic carbocycles. The predicted octanol–water partition coefficient (Wildman–Crippen LogP) is 3.70. The number of amides is 1. The van der Waals surface area contributed by atoms with E-state index in [-0.39, 0.29) is 29.2 Å². The molecule has 4 N–H and O–H groups in total. The van der Waals surface area contributed by atoms with Crippen molar-refractivity contribution in [3.8, 4) is 22.6 Å². The number of hydrogen-bond acceptors (Lipinski definition) is 6. The SMILES string of the molecule is CCN(CCO)CCOc1ccc(O)c(C(=O)Nc2cc(-c3ccccc3)ccc2C(=O)O)c1. The number of carbonyl (C=O) groups is 2. The van der Waals surface area contributed by atoms with Gasteiger partial charge in [0.15, 0.2) is 0 Å². The van der Waals surface area contributed by atoms with Crippen molar-refractivity contribution in [1.82, 2.24) is 4.90 Å². The van der Waals surface area contributed by atoms with Crippen molar-refractivity contribution in [3.63, 3.8) is 0 Å². The zero-order valence-electron chi connectivity index (χ0n) is 18.9. The number of phenols is 1. The van der Waals surface area contributed by atoms with Gasteiger partial charge in [0.25, 0.3) is 5.91 Å². The van der Waals surface area contributed by atoms with Gasteiger partial charge in [-0.2, -0.15) is 0 Å². The standard InChI is InChI=1S/C26H28N2O6/c1-2-28(12-14-29)13-15-34-20-9-11-24(30)22(17-20)25(31)27-23-16-19(8-10-21(23)26(32)33)18-6-4-3-5-7-18/h3-11,16-17,29-30H,2,12-15H2,1H3,(H,27,31)(H,32,33). The molecule has 1 amide bonds. The van der Waals surface area contributed by atoms with E-state index in [4.69, 9.17) is 9.84 Å². The number of benzene rings is 3. The predicted molar refractivity (Wildman–Crippen MR) is 130 cm³/mol. The number of hydrogen-bond donors (Lipinski definition) is 4. The maximum Gasteiger partial charge on any atom is 0.337 e. The van der Waals surface area contributed by atoms with Crippen molar-refractivity contribution < 1.29 is 29.6 Å². The lowest BCUT2D eigenvalue weighted by Crippen LogP contribution is -2.30. The van der Waals surface area contributed by atoms with Crippen LogP contribution in [0.15, 0.2) is 66.7 Å². The number of ether oxygens (including phenoxy) is 1. The Kier molecular flexibility index (Phi) is 8.61. The highest BCUT2D eigenvalue weighted by Crippen LogP contribution is 2.28. The Labute approximate surface area is 198 Å². The molecule has 8 nitrogen and oxygen atoms in total. The van der Waals surface area contributed by atoms with Gasteiger partial charge < -0.3 is 25.4 Å². The molecule has 8 heteroatoms. The van der Waals surface area contributed by atoms with Crippen LogP contribution in [0.2, 0.25) is 0 Å². The van der Waals surface area contributed by atoms with Gasteiger partial charge in [0.1, 0.15) is 18.1 Å². The third kappa shape index (κ3) is 6.34. The summed E-state index contributed by atoms with van der Waals surface area (Å²) in [5.74, 6) is -1.71. The number of nitrogens with one attached hydrogen (secondary N) is 1. The van der Waals surface area contributed by atoms with Crippen LogP contribution in [0, 0.1) is 0 Å². The summed E-state index contributed by atoms with van der Waals surface area (Å²) >= 11 is 0. The monoisotopic (exact) mass is 464 g/mol. The molecule has 0 fully saturated rings. The number of phenolic OH excluding ortho intramolecular Hbond substituents is 1. The second-order valence-corrected chi connectivity index (χ2v) is 7.57. The van der Waals surface area contributed by atoms with E-state index in [2.05, 4.69) is 5.32 Å². The summed E-state index contributed by atoms with van der Waals surface area (Å²) in [6.45, 7) is 4.27. The lowest BCUT2D eigenvalue weighted by atomic mass is 10.0.